The first-order chi connectivity index (χ1) is 13.5. The van der Waals surface area contributed by atoms with Crippen molar-refractivity contribution in [2.45, 2.75) is 40.4 Å². The van der Waals surface area contributed by atoms with Crippen molar-refractivity contribution in [1.29, 1.82) is 5.26 Å². The number of hydrogen-bond donors (Lipinski definition) is 0. The Morgan fingerprint density at radius 3 is 2.46 bits per heavy atom. The number of benzene rings is 2. The summed E-state index contributed by atoms with van der Waals surface area (Å²) in [5, 5.41) is 9.18. The molecular formula is C25H29N3. The lowest BCUT2D eigenvalue weighted by atomic mass is 10.1. The lowest BCUT2D eigenvalue weighted by molar-refractivity contribution is 0.222. The standard InChI is InChI=1S/C25H29N3/c1-20(2)16-27(17-24-7-4-6-23(14-24)15-26)19-25-8-5-13-28(25)18-22-11-9-21(3)10-12-22/h4-14,20H,16-19H2,1-3H3. The first kappa shape index (κ1) is 19.9. The summed E-state index contributed by atoms with van der Waals surface area (Å²) in [6.07, 6.45) is 2.17. The molecule has 0 aliphatic carbocycles. The van der Waals surface area contributed by atoms with Gasteiger partial charge in [-0.3, -0.25) is 4.90 Å². The van der Waals surface area contributed by atoms with Crippen molar-refractivity contribution in [2.75, 3.05) is 6.54 Å². The Labute approximate surface area is 168 Å². The molecule has 3 nitrogen and oxygen atoms in total. The lowest BCUT2D eigenvalue weighted by Gasteiger charge is -2.25. The molecule has 0 N–H and O–H groups in total. The van der Waals surface area contributed by atoms with E-state index in [0.29, 0.717) is 5.92 Å². The summed E-state index contributed by atoms with van der Waals surface area (Å²) >= 11 is 0. The van der Waals surface area contributed by atoms with Gasteiger partial charge in [-0.15, -0.1) is 0 Å². The van der Waals surface area contributed by atoms with Gasteiger partial charge in [0.15, 0.2) is 0 Å². The van der Waals surface area contributed by atoms with E-state index in [1.807, 2.05) is 18.2 Å². The van der Waals surface area contributed by atoms with Crippen molar-refractivity contribution < 1.29 is 0 Å². The number of aryl methyl sites for hydroxylation is 1. The molecule has 28 heavy (non-hydrogen) atoms. The Kier molecular flexibility index (Phi) is 6.68. The van der Waals surface area contributed by atoms with Gasteiger partial charge in [0.1, 0.15) is 0 Å². The van der Waals surface area contributed by atoms with Crippen LogP contribution in [0.2, 0.25) is 0 Å². The normalized spacial score (nSPS) is 11.1. The number of hydrogen-bond acceptors (Lipinski definition) is 2. The van der Waals surface area contributed by atoms with Crippen LogP contribution in [0.25, 0.3) is 0 Å². The maximum absolute atomic E-state index is 9.18. The quantitative estimate of drug-likeness (QED) is 0.533. The lowest BCUT2D eigenvalue weighted by Crippen LogP contribution is -2.28. The van der Waals surface area contributed by atoms with E-state index >= 15 is 0 Å². The van der Waals surface area contributed by atoms with Gasteiger partial charge >= 0.3 is 0 Å². The van der Waals surface area contributed by atoms with E-state index in [4.69, 9.17) is 0 Å². The summed E-state index contributed by atoms with van der Waals surface area (Å²) in [6, 6.07) is 23.3. The van der Waals surface area contributed by atoms with Crippen LogP contribution in [0.1, 0.15) is 41.8 Å². The molecular weight excluding hydrogens is 342 g/mol. The molecule has 0 bridgehead atoms. The Morgan fingerprint density at radius 2 is 1.75 bits per heavy atom. The summed E-state index contributed by atoms with van der Waals surface area (Å²) in [6.45, 7) is 10.3. The highest BCUT2D eigenvalue weighted by molar-refractivity contribution is 5.32. The van der Waals surface area contributed by atoms with E-state index < -0.39 is 0 Å². The predicted molar refractivity (Wildman–Crippen MR) is 115 cm³/mol. The Hall–Kier alpha value is -2.83. The summed E-state index contributed by atoms with van der Waals surface area (Å²) in [5.41, 5.74) is 5.85. The van der Waals surface area contributed by atoms with E-state index in [-0.39, 0.29) is 0 Å². The van der Waals surface area contributed by atoms with Gasteiger partial charge in [0.05, 0.1) is 11.6 Å². The zero-order valence-corrected chi connectivity index (χ0v) is 17.1. The molecule has 144 valence electrons. The first-order valence-electron chi connectivity index (χ1n) is 9.94. The molecule has 1 heterocycles. The second-order valence-electron chi connectivity index (χ2n) is 7.99. The average molecular weight is 372 g/mol. The smallest absolute Gasteiger partial charge is 0.0991 e. The van der Waals surface area contributed by atoms with Gasteiger partial charge < -0.3 is 4.57 Å². The van der Waals surface area contributed by atoms with Crippen LogP contribution in [0.5, 0.6) is 0 Å². The molecule has 0 amide bonds. The van der Waals surface area contributed by atoms with Gasteiger partial charge in [0.25, 0.3) is 0 Å². The third kappa shape index (κ3) is 5.58. The summed E-state index contributed by atoms with van der Waals surface area (Å²) in [4.78, 5) is 2.47. The summed E-state index contributed by atoms with van der Waals surface area (Å²) in [5.74, 6) is 0.583. The molecule has 0 saturated carbocycles. The van der Waals surface area contributed by atoms with Crippen molar-refractivity contribution >= 4 is 0 Å². The molecule has 1 aromatic heterocycles. The molecule has 0 fully saturated rings. The monoisotopic (exact) mass is 371 g/mol. The van der Waals surface area contributed by atoms with Crippen molar-refractivity contribution in [3.05, 3.63) is 94.8 Å². The number of nitriles is 1. The van der Waals surface area contributed by atoms with Crippen LogP contribution in [0, 0.1) is 24.2 Å². The maximum atomic E-state index is 9.18. The fraction of sp³-hybridized carbons (Fsp3) is 0.320. The number of nitrogens with zero attached hydrogens (tertiary/aromatic N) is 3. The summed E-state index contributed by atoms with van der Waals surface area (Å²) < 4.78 is 2.34. The minimum absolute atomic E-state index is 0.583. The van der Waals surface area contributed by atoms with Gasteiger partial charge in [-0.25, -0.2) is 0 Å². The van der Waals surface area contributed by atoms with Gasteiger partial charge in [0, 0.05) is 38.1 Å². The number of rotatable bonds is 8. The zero-order valence-electron chi connectivity index (χ0n) is 17.1. The Bertz CT molecular complexity index is 929. The molecule has 3 heteroatoms. The molecule has 0 spiro atoms. The minimum atomic E-state index is 0.583. The molecule has 0 saturated heterocycles. The topological polar surface area (TPSA) is 32.0 Å². The molecule has 0 aliphatic heterocycles. The highest BCUT2D eigenvalue weighted by atomic mass is 15.1. The van der Waals surface area contributed by atoms with Crippen molar-refractivity contribution in [3.63, 3.8) is 0 Å². The Balaban J connectivity index is 1.75. The van der Waals surface area contributed by atoms with E-state index in [9.17, 15) is 5.26 Å². The second-order valence-corrected chi connectivity index (χ2v) is 7.99. The van der Waals surface area contributed by atoms with Gasteiger partial charge in [-0.1, -0.05) is 55.8 Å². The van der Waals surface area contributed by atoms with Crippen molar-refractivity contribution in [1.82, 2.24) is 9.47 Å². The minimum Gasteiger partial charge on any atom is -0.346 e. The molecule has 2 aromatic carbocycles. The largest absolute Gasteiger partial charge is 0.346 e. The molecule has 0 radical (unpaired) electrons. The fourth-order valence-corrected chi connectivity index (χ4v) is 3.57. The van der Waals surface area contributed by atoms with Crippen LogP contribution in [0.15, 0.2) is 66.9 Å². The predicted octanol–water partition coefficient (Wildman–Crippen LogP) is 5.37. The maximum Gasteiger partial charge on any atom is 0.0991 e. The molecule has 0 atom stereocenters. The van der Waals surface area contributed by atoms with Crippen LogP contribution in [0.4, 0.5) is 0 Å². The van der Waals surface area contributed by atoms with Crippen molar-refractivity contribution in [2.24, 2.45) is 5.92 Å². The van der Waals surface area contributed by atoms with Crippen LogP contribution in [-0.2, 0) is 19.6 Å². The average Bonchev–Trinajstić information content (AvgIpc) is 3.10. The Morgan fingerprint density at radius 1 is 0.964 bits per heavy atom. The SMILES string of the molecule is Cc1ccc(Cn2cccc2CN(Cc2cccc(C#N)c2)CC(C)C)cc1. The molecule has 0 unspecified atom stereocenters. The molecule has 3 rings (SSSR count). The van der Waals surface area contributed by atoms with Crippen LogP contribution in [0.3, 0.4) is 0 Å². The van der Waals surface area contributed by atoms with Gasteiger partial charge in [-0.05, 0) is 48.2 Å². The third-order valence-corrected chi connectivity index (χ3v) is 4.87. The van der Waals surface area contributed by atoms with E-state index in [1.165, 1.54) is 22.4 Å². The summed E-state index contributed by atoms with van der Waals surface area (Å²) in [7, 11) is 0. The fourth-order valence-electron chi connectivity index (χ4n) is 3.57. The van der Waals surface area contributed by atoms with E-state index in [0.717, 1.165) is 31.7 Å². The van der Waals surface area contributed by atoms with Gasteiger partial charge in [-0.2, -0.15) is 5.26 Å². The van der Waals surface area contributed by atoms with Gasteiger partial charge in [0.2, 0.25) is 0 Å². The number of aromatic nitrogens is 1. The highest BCUT2D eigenvalue weighted by Crippen LogP contribution is 2.16. The third-order valence-electron chi connectivity index (χ3n) is 4.87. The molecule has 3 aromatic rings. The zero-order chi connectivity index (χ0) is 19.9. The van der Waals surface area contributed by atoms with E-state index in [1.54, 1.807) is 0 Å². The van der Waals surface area contributed by atoms with Crippen LogP contribution in [-0.4, -0.2) is 16.0 Å². The van der Waals surface area contributed by atoms with Crippen molar-refractivity contribution in [3.8, 4) is 6.07 Å². The molecule has 0 aliphatic rings. The highest BCUT2D eigenvalue weighted by Gasteiger charge is 2.12. The van der Waals surface area contributed by atoms with E-state index in [2.05, 4.69) is 85.0 Å². The van der Waals surface area contributed by atoms with Crippen LogP contribution < -0.4 is 0 Å². The second kappa shape index (κ2) is 9.39. The first-order valence-corrected chi connectivity index (χ1v) is 9.94. The van der Waals surface area contributed by atoms with Crippen LogP contribution >= 0.6 is 0 Å².